The van der Waals surface area contributed by atoms with Gasteiger partial charge in [-0.15, -0.1) is 12.3 Å². The maximum absolute atomic E-state index is 10.7. The molecule has 52 valence electrons. The zero-order valence-corrected chi connectivity index (χ0v) is 5.18. The standard InChI is InChI=1S/C6H6N2O2/c1-2-3-4-5(9)8-6(10)7-4/h1,4H,3H2,(H2,7,8,9,10)/t4-/m0/s1. The van der Waals surface area contributed by atoms with Gasteiger partial charge < -0.3 is 5.32 Å². The highest BCUT2D eigenvalue weighted by Crippen LogP contribution is 1.95. The second-order valence-corrected chi connectivity index (χ2v) is 1.92. The summed E-state index contributed by atoms with van der Waals surface area (Å²) in [5.74, 6) is 1.94. The third-order valence-electron chi connectivity index (χ3n) is 1.18. The quantitative estimate of drug-likeness (QED) is 0.369. The molecule has 1 fully saturated rings. The number of imide groups is 1. The first-order chi connectivity index (χ1) is 4.74. The smallest absolute Gasteiger partial charge is 0.322 e. The molecule has 1 heterocycles. The van der Waals surface area contributed by atoms with Crippen molar-refractivity contribution in [2.75, 3.05) is 0 Å². The molecule has 3 amide bonds. The van der Waals surface area contributed by atoms with E-state index in [1.54, 1.807) is 0 Å². The number of hydrogen-bond acceptors (Lipinski definition) is 2. The van der Waals surface area contributed by atoms with Gasteiger partial charge in [-0.1, -0.05) is 0 Å². The SMILES string of the molecule is C#CC[C@@H]1NC(=O)NC1=O. The fourth-order valence-corrected chi connectivity index (χ4v) is 0.720. The topological polar surface area (TPSA) is 58.2 Å². The summed E-state index contributed by atoms with van der Waals surface area (Å²) in [6.07, 6.45) is 5.18. The molecule has 4 nitrogen and oxygen atoms in total. The van der Waals surface area contributed by atoms with Crippen LogP contribution in [0.3, 0.4) is 0 Å². The first kappa shape index (κ1) is 6.62. The number of terminal acetylenes is 1. The van der Waals surface area contributed by atoms with Gasteiger partial charge in [-0.3, -0.25) is 10.1 Å². The molecule has 0 spiro atoms. The van der Waals surface area contributed by atoms with Gasteiger partial charge in [0.1, 0.15) is 6.04 Å². The lowest BCUT2D eigenvalue weighted by molar-refractivity contribution is -0.120. The number of nitrogens with one attached hydrogen (secondary N) is 2. The van der Waals surface area contributed by atoms with E-state index >= 15 is 0 Å². The molecule has 1 aliphatic rings. The summed E-state index contributed by atoms with van der Waals surface area (Å²) < 4.78 is 0. The molecule has 0 bridgehead atoms. The summed E-state index contributed by atoms with van der Waals surface area (Å²) in [5.41, 5.74) is 0. The average molecular weight is 138 g/mol. The Hall–Kier alpha value is -1.50. The molecule has 0 aromatic carbocycles. The third kappa shape index (κ3) is 1.08. The summed E-state index contributed by atoms with van der Waals surface area (Å²) in [5, 5.41) is 4.43. The normalized spacial score (nSPS) is 23.3. The Morgan fingerprint density at radius 3 is 2.70 bits per heavy atom. The lowest BCUT2D eigenvalue weighted by atomic mass is 10.2. The molecule has 2 N–H and O–H groups in total. The Morgan fingerprint density at radius 2 is 2.30 bits per heavy atom. The first-order valence-corrected chi connectivity index (χ1v) is 2.79. The molecule has 4 heteroatoms. The maximum atomic E-state index is 10.7. The number of carbonyl (C=O) groups is 2. The molecule has 0 radical (unpaired) electrons. The Kier molecular flexibility index (Phi) is 1.59. The highest BCUT2D eigenvalue weighted by Gasteiger charge is 2.27. The summed E-state index contributed by atoms with van der Waals surface area (Å²) in [6, 6.07) is -0.997. The summed E-state index contributed by atoms with van der Waals surface area (Å²) in [4.78, 5) is 21.1. The Balaban J connectivity index is 2.56. The first-order valence-electron chi connectivity index (χ1n) is 2.79. The molecular formula is C6H6N2O2. The van der Waals surface area contributed by atoms with Gasteiger partial charge in [0, 0.05) is 6.42 Å². The van der Waals surface area contributed by atoms with Gasteiger partial charge in [0.05, 0.1) is 0 Å². The zero-order valence-electron chi connectivity index (χ0n) is 5.18. The van der Waals surface area contributed by atoms with E-state index in [2.05, 4.69) is 16.6 Å². The van der Waals surface area contributed by atoms with Crippen LogP contribution in [-0.4, -0.2) is 18.0 Å². The Morgan fingerprint density at radius 1 is 1.60 bits per heavy atom. The van der Waals surface area contributed by atoms with Crippen LogP contribution in [0, 0.1) is 12.3 Å². The van der Waals surface area contributed by atoms with Crippen LogP contribution in [0.4, 0.5) is 4.79 Å². The summed E-state index contributed by atoms with van der Waals surface area (Å²) in [6.45, 7) is 0. The Bertz CT molecular complexity index is 216. The van der Waals surface area contributed by atoms with E-state index in [0.29, 0.717) is 0 Å². The van der Waals surface area contributed by atoms with E-state index in [0.717, 1.165) is 0 Å². The van der Waals surface area contributed by atoms with Crippen molar-refractivity contribution in [2.45, 2.75) is 12.5 Å². The van der Waals surface area contributed by atoms with Crippen LogP contribution in [0.1, 0.15) is 6.42 Å². The molecular weight excluding hydrogens is 132 g/mol. The van der Waals surface area contributed by atoms with Crippen molar-refractivity contribution in [3.63, 3.8) is 0 Å². The average Bonchev–Trinajstić information content (AvgIpc) is 2.13. The van der Waals surface area contributed by atoms with E-state index in [4.69, 9.17) is 6.42 Å². The minimum absolute atomic E-state index is 0.248. The predicted octanol–water partition coefficient (Wildman–Crippen LogP) is -0.782. The fraction of sp³-hybridized carbons (Fsp3) is 0.333. The lowest BCUT2D eigenvalue weighted by Gasteiger charge is -1.98. The van der Waals surface area contributed by atoms with Crippen LogP contribution in [0.5, 0.6) is 0 Å². The van der Waals surface area contributed by atoms with E-state index in [1.807, 2.05) is 0 Å². The van der Waals surface area contributed by atoms with Crippen molar-refractivity contribution < 1.29 is 9.59 Å². The van der Waals surface area contributed by atoms with Gasteiger partial charge in [0.25, 0.3) is 5.91 Å². The van der Waals surface area contributed by atoms with Crippen LogP contribution in [0.2, 0.25) is 0 Å². The van der Waals surface area contributed by atoms with E-state index < -0.39 is 12.1 Å². The molecule has 1 saturated heterocycles. The number of urea groups is 1. The number of amides is 3. The van der Waals surface area contributed by atoms with Gasteiger partial charge in [0.15, 0.2) is 0 Å². The van der Waals surface area contributed by atoms with Gasteiger partial charge in [-0.05, 0) is 0 Å². The maximum Gasteiger partial charge on any atom is 0.322 e. The van der Waals surface area contributed by atoms with Crippen molar-refractivity contribution in [1.29, 1.82) is 0 Å². The summed E-state index contributed by atoms with van der Waals surface area (Å²) >= 11 is 0. The fourth-order valence-electron chi connectivity index (χ4n) is 0.720. The minimum Gasteiger partial charge on any atom is -0.325 e. The van der Waals surface area contributed by atoms with Gasteiger partial charge >= 0.3 is 6.03 Å². The molecule has 0 aromatic rings. The molecule has 1 rings (SSSR count). The highest BCUT2D eigenvalue weighted by molar-refractivity contribution is 6.04. The molecule has 1 aliphatic heterocycles. The highest BCUT2D eigenvalue weighted by atomic mass is 16.2. The largest absolute Gasteiger partial charge is 0.325 e. The van der Waals surface area contributed by atoms with Gasteiger partial charge in [-0.2, -0.15) is 0 Å². The van der Waals surface area contributed by atoms with Crippen molar-refractivity contribution in [1.82, 2.24) is 10.6 Å². The van der Waals surface area contributed by atoms with Gasteiger partial charge in [-0.25, -0.2) is 4.79 Å². The van der Waals surface area contributed by atoms with Crippen molar-refractivity contribution in [3.8, 4) is 12.3 Å². The lowest BCUT2D eigenvalue weighted by Crippen LogP contribution is -2.27. The van der Waals surface area contributed by atoms with Crippen LogP contribution < -0.4 is 10.6 Å². The Labute approximate surface area is 58.0 Å². The van der Waals surface area contributed by atoms with Crippen molar-refractivity contribution in [2.24, 2.45) is 0 Å². The van der Waals surface area contributed by atoms with E-state index in [9.17, 15) is 9.59 Å². The molecule has 10 heavy (non-hydrogen) atoms. The molecule has 0 aromatic heterocycles. The van der Waals surface area contributed by atoms with Crippen LogP contribution in [-0.2, 0) is 4.79 Å². The number of carbonyl (C=O) groups excluding carboxylic acids is 2. The molecule has 0 unspecified atom stereocenters. The molecule has 0 saturated carbocycles. The summed E-state index contributed by atoms with van der Waals surface area (Å²) in [7, 11) is 0. The second kappa shape index (κ2) is 2.40. The van der Waals surface area contributed by atoms with Crippen molar-refractivity contribution in [3.05, 3.63) is 0 Å². The van der Waals surface area contributed by atoms with E-state index in [-0.39, 0.29) is 12.3 Å². The van der Waals surface area contributed by atoms with E-state index in [1.165, 1.54) is 0 Å². The third-order valence-corrected chi connectivity index (χ3v) is 1.18. The van der Waals surface area contributed by atoms with Crippen LogP contribution in [0.15, 0.2) is 0 Å². The predicted molar refractivity (Wildman–Crippen MR) is 33.9 cm³/mol. The van der Waals surface area contributed by atoms with Crippen LogP contribution >= 0.6 is 0 Å². The van der Waals surface area contributed by atoms with Crippen LogP contribution in [0.25, 0.3) is 0 Å². The van der Waals surface area contributed by atoms with Crippen molar-refractivity contribution >= 4 is 11.9 Å². The zero-order chi connectivity index (χ0) is 7.56. The second-order valence-electron chi connectivity index (χ2n) is 1.92. The monoisotopic (exact) mass is 138 g/mol. The van der Waals surface area contributed by atoms with Gasteiger partial charge in [0.2, 0.25) is 0 Å². The number of rotatable bonds is 1. The molecule has 1 atom stereocenters. The number of hydrogen-bond donors (Lipinski definition) is 2. The molecule has 0 aliphatic carbocycles. The minimum atomic E-state index is -0.530.